The average molecular weight is 418 g/mol. The van der Waals surface area contributed by atoms with E-state index in [1.54, 1.807) is 25.0 Å². The third kappa shape index (κ3) is 4.38. The van der Waals surface area contributed by atoms with Crippen LogP contribution in [0.5, 0.6) is 5.75 Å². The van der Waals surface area contributed by atoms with Crippen LogP contribution in [-0.2, 0) is 10.0 Å². The van der Waals surface area contributed by atoms with Crippen molar-refractivity contribution in [1.82, 2.24) is 9.62 Å². The van der Waals surface area contributed by atoms with Crippen molar-refractivity contribution in [3.8, 4) is 5.75 Å². The van der Waals surface area contributed by atoms with Gasteiger partial charge in [0, 0.05) is 37.4 Å². The summed E-state index contributed by atoms with van der Waals surface area (Å²) in [6.45, 7) is 6.15. The fourth-order valence-corrected chi connectivity index (χ4v) is 4.55. The maximum Gasteiger partial charge on any atom is 0.254 e. The van der Waals surface area contributed by atoms with Gasteiger partial charge in [0.1, 0.15) is 5.75 Å². The van der Waals surface area contributed by atoms with Gasteiger partial charge >= 0.3 is 0 Å². The molecular weight excluding hydrogens is 390 g/mol. The lowest BCUT2D eigenvalue weighted by Crippen LogP contribution is -2.48. The Morgan fingerprint density at radius 1 is 1.03 bits per heavy atom. The Kier molecular flexibility index (Phi) is 6.14. The molecule has 8 heteroatoms. The smallest absolute Gasteiger partial charge is 0.254 e. The summed E-state index contributed by atoms with van der Waals surface area (Å²) in [7, 11) is -0.618. The predicted octanol–water partition coefficient (Wildman–Crippen LogP) is 2.18. The molecule has 0 radical (unpaired) electrons. The SMILES string of the molecule is CNS(=O)(=O)c1cc(C(=O)N2CCN(c3ccc(OC)cc3)CC2)cc(C)c1C. The van der Waals surface area contributed by atoms with Crippen LogP contribution < -0.4 is 14.4 Å². The van der Waals surface area contributed by atoms with E-state index >= 15 is 0 Å². The first-order valence-electron chi connectivity index (χ1n) is 9.50. The van der Waals surface area contributed by atoms with Crippen LogP contribution >= 0.6 is 0 Å². The number of aryl methyl sites for hydroxylation is 1. The second kappa shape index (κ2) is 8.42. The third-order valence-electron chi connectivity index (χ3n) is 5.43. The standard InChI is InChI=1S/C21H27N3O4S/c1-15-13-17(14-20(16(15)2)29(26,27)22-3)21(25)24-11-9-23(10-12-24)18-5-7-19(28-4)8-6-18/h5-8,13-14,22H,9-12H2,1-4H3. The Labute approximate surface area is 172 Å². The van der Waals surface area contributed by atoms with Crippen molar-refractivity contribution in [3.05, 3.63) is 53.1 Å². The molecule has 156 valence electrons. The minimum atomic E-state index is -3.63. The first kappa shape index (κ1) is 21.1. The van der Waals surface area contributed by atoms with Gasteiger partial charge in [-0.3, -0.25) is 4.79 Å². The van der Waals surface area contributed by atoms with E-state index in [2.05, 4.69) is 9.62 Å². The van der Waals surface area contributed by atoms with Crippen molar-refractivity contribution in [3.63, 3.8) is 0 Å². The molecule has 3 rings (SSSR count). The van der Waals surface area contributed by atoms with E-state index in [1.165, 1.54) is 13.1 Å². The molecule has 0 aromatic heterocycles. The first-order chi connectivity index (χ1) is 13.8. The lowest BCUT2D eigenvalue weighted by Gasteiger charge is -2.36. The number of rotatable bonds is 5. The first-order valence-corrected chi connectivity index (χ1v) is 11.0. The van der Waals surface area contributed by atoms with Gasteiger partial charge < -0.3 is 14.5 Å². The number of hydrogen-bond donors (Lipinski definition) is 1. The van der Waals surface area contributed by atoms with E-state index in [0.717, 1.165) is 17.0 Å². The normalized spacial score (nSPS) is 14.8. The van der Waals surface area contributed by atoms with Gasteiger partial charge in [0.25, 0.3) is 5.91 Å². The average Bonchev–Trinajstić information content (AvgIpc) is 2.75. The van der Waals surface area contributed by atoms with Crippen LogP contribution in [0.4, 0.5) is 5.69 Å². The minimum Gasteiger partial charge on any atom is -0.497 e. The number of ether oxygens (including phenoxy) is 1. The summed E-state index contributed by atoms with van der Waals surface area (Å²) in [6, 6.07) is 11.1. The zero-order valence-corrected chi connectivity index (χ0v) is 18.0. The lowest BCUT2D eigenvalue weighted by molar-refractivity contribution is 0.0746. The number of anilines is 1. The Hall–Kier alpha value is -2.58. The van der Waals surface area contributed by atoms with Crippen LogP contribution in [0.25, 0.3) is 0 Å². The maximum atomic E-state index is 13.0. The second-order valence-corrected chi connectivity index (χ2v) is 8.96. The van der Waals surface area contributed by atoms with Gasteiger partial charge in [-0.15, -0.1) is 0 Å². The summed E-state index contributed by atoms with van der Waals surface area (Å²) >= 11 is 0. The van der Waals surface area contributed by atoms with Crippen molar-refractivity contribution >= 4 is 21.6 Å². The molecular formula is C21H27N3O4S. The Balaban J connectivity index is 1.75. The number of nitrogens with zero attached hydrogens (tertiary/aromatic N) is 2. The van der Waals surface area contributed by atoms with E-state index in [1.807, 2.05) is 31.2 Å². The lowest BCUT2D eigenvalue weighted by atomic mass is 10.0. The molecule has 1 fully saturated rings. The molecule has 0 saturated carbocycles. The number of benzene rings is 2. The molecule has 1 aliphatic rings. The van der Waals surface area contributed by atoms with Crippen LogP contribution in [-0.4, -0.2) is 59.6 Å². The Morgan fingerprint density at radius 2 is 1.66 bits per heavy atom. The Morgan fingerprint density at radius 3 is 2.21 bits per heavy atom. The Bertz CT molecular complexity index is 995. The summed E-state index contributed by atoms with van der Waals surface area (Å²) in [6.07, 6.45) is 0. The van der Waals surface area contributed by atoms with E-state index in [-0.39, 0.29) is 10.8 Å². The minimum absolute atomic E-state index is 0.143. The van der Waals surface area contributed by atoms with Gasteiger partial charge in [0.2, 0.25) is 10.0 Å². The summed E-state index contributed by atoms with van der Waals surface area (Å²) in [5, 5.41) is 0. The van der Waals surface area contributed by atoms with Crippen LogP contribution in [0.3, 0.4) is 0 Å². The van der Waals surface area contributed by atoms with E-state index < -0.39 is 10.0 Å². The van der Waals surface area contributed by atoms with Gasteiger partial charge in [-0.05, 0) is 68.4 Å². The summed E-state index contributed by atoms with van der Waals surface area (Å²) in [5.41, 5.74) is 2.92. The summed E-state index contributed by atoms with van der Waals surface area (Å²) < 4.78 is 32.2. The zero-order chi connectivity index (χ0) is 21.2. The highest BCUT2D eigenvalue weighted by Gasteiger charge is 2.25. The molecule has 1 aliphatic heterocycles. The van der Waals surface area contributed by atoms with E-state index in [4.69, 9.17) is 4.74 Å². The van der Waals surface area contributed by atoms with Gasteiger partial charge in [0.15, 0.2) is 0 Å². The van der Waals surface area contributed by atoms with Crippen molar-refractivity contribution in [2.45, 2.75) is 18.7 Å². The second-order valence-electron chi connectivity index (χ2n) is 7.10. The summed E-state index contributed by atoms with van der Waals surface area (Å²) in [4.78, 5) is 17.2. The molecule has 7 nitrogen and oxygen atoms in total. The highest BCUT2D eigenvalue weighted by atomic mass is 32.2. The molecule has 1 amide bonds. The third-order valence-corrected chi connectivity index (χ3v) is 6.97. The van der Waals surface area contributed by atoms with Gasteiger partial charge in [-0.2, -0.15) is 0 Å². The zero-order valence-electron chi connectivity index (χ0n) is 17.2. The van der Waals surface area contributed by atoms with Crippen LogP contribution in [0.2, 0.25) is 0 Å². The van der Waals surface area contributed by atoms with Gasteiger partial charge in [-0.1, -0.05) is 0 Å². The molecule has 1 N–H and O–H groups in total. The molecule has 0 spiro atoms. The molecule has 1 saturated heterocycles. The monoisotopic (exact) mass is 417 g/mol. The molecule has 0 atom stereocenters. The number of methoxy groups -OCH3 is 1. The van der Waals surface area contributed by atoms with E-state index in [9.17, 15) is 13.2 Å². The van der Waals surface area contributed by atoms with Gasteiger partial charge in [0.05, 0.1) is 12.0 Å². The number of amides is 1. The number of hydrogen-bond acceptors (Lipinski definition) is 5. The van der Waals surface area contributed by atoms with Crippen molar-refractivity contribution in [2.24, 2.45) is 0 Å². The fraction of sp³-hybridized carbons (Fsp3) is 0.381. The maximum absolute atomic E-state index is 13.0. The number of carbonyl (C=O) groups excluding carboxylic acids is 1. The largest absolute Gasteiger partial charge is 0.497 e. The summed E-state index contributed by atoms with van der Waals surface area (Å²) in [5.74, 6) is 0.666. The van der Waals surface area contributed by atoms with Crippen molar-refractivity contribution in [1.29, 1.82) is 0 Å². The highest BCUT2D eigenvalue weighted by molar-refractivity contribution is 7.89. The highest BCUT2D eigenvalue weighted by Crippen LogP contribution is 2.24. The number of sulfonamides is 1. The fourth-order valence-electron chi connectivity index (χ4n) is 3.48. The van der Waals surface area contributed by atoms with Crippen LogP contribution in [0.1, 0.15) is 21.5 Å². The van der Waals surface area contributed by atoms with E-state index in [0.29, 0.717) is 37.3 Å². The van der Waals surface area contributed by atoms with Crippen LogP contribution in [0.15, 0.2) is 41.3 Å². The molecule has 0 bridgehead atoms. The molecule has 29 heavy (non-hydrogen) atoms. The quantitative estimate of drug-likeness (QED) is 0.807. The number of piperazine rings is 1. The van der Waals surface area contributed by atoms with Gasteiger partial charge in [-0.25, -0.2) is 13.1 Å². The topological polar surface area (TPSA) is 79.0 Å². The molecule has 2 aromatic rings. The van der Waals surface area contributed by atoms with Crippen molar-refractivity contribution < 1.29 is 17.9 Å². The molecule has 2 aromatic carbocycles. The number of nitrogens with one attached hydrogen (secondary N) is 1. The number of carbonyl (C=O) groups is 1. The molecule has 0 aliphatic carbocycles. The molecule has 0 unspecified atom stereocenters. The molecule has 1 heterocycles. The van der Waals surface area contributed by atoms with Crippen molar-refractivity contribution in [2.75, 3.05) is 45.2 Å². The predicted molar refractivity (Wildman–Crippen MR) is 113 cm³/mol. The van der Waals surface area contributed by atoms with Crippen LogP contribution in [0, 0.1) is 13.8 Å².